The molecule has 0 saturated heterocycles. The van der Waals surface area contributed by atoms with E-state index in [-0.39, 0.29) is 10.6 Å². The lowest BCUT2D eigenvalue weighted by Gasteiger charge is -2.04. The van der Waals surface area contributed by atoms with Crippen LogP contribution < -0.4 is 4.74 Å². The van der Waals surface area contributed by atoms with Crippen LogP contribution in [0.2, 0.25) is 0 Å². The minimum Gasteiger partial charge on any atom is -0.464 e. The molecule has 1 N–H and O–H groups in total. The Kier molecular flexibility index (Phi) is 3.27. The summed E-state index contributed by atoms with van der Waals surface area (Å²) in [6, 6.07) is 5.86. The van der Waals surface area contributed by atoms with Crippen LogP contribution in [0.4, 0.5) is 0 Å². The summed E-state index contributed by atoms with van der Waals surface area (Å²) in [5.74, 6) is 0.105. The summed E-state index contributed by atoms with van der Waals surface area (Å²) in [4.78, 5) is -0.238. The zero-order valence-corrected chi connectivity index (χ0v) is 8.36. The monoisotopic (exact) mass is 214 g/mol. The van der Waals surface area contributed by atoms with Crippen molar-refractivity contribution in [3.63, 3.8) is 0 Å². The molecule has 0 bridgehead atoms. The van der Waals surface area contributed by atoms with Gasteiger partial charge in [-0.15, -0.1) is 0 Å². The Morgan fingerprint density at radius 1 is 1.36 bits per heavy atom. The van der Waals surface area contributed by atoms with Gasteiger partial charge in [0.25, 0.3) is 10.1 Å². The number of benzene rings is 1. The van der Waals surface area contributed by atoms with E-state index in [0.717, 1.165) is 0 Å². The van der Waals surface area contributed by atoms with Crippen molar-refractivity contribution in [3.05, 3.63) is 36.6 Å². The van der Waals surface area contributed by atoms with E-state index in [9.17, 15) is 8.42 Å². The highest BCUT2D eigenvalue weighted by molar-refractivity contribution is 7.86. The highest BCUT2D eigenvalue weighted by Gasteiger charge is 2.14. The van der Waals surface area contributed by atoms with Crippen LogP contribution in [0.5, 0.6) is 5.75 Å². The molecule has 5 heteroatoms. The van der Waals surface area contributed by atoms with E-state index < -0.39 is 10.1 Å². The summed E-state index contributed by atoms with van der Waals surface area (Å²) in [5.41, 5.74) is 0. The molecular formula is C9H10O4S. The van der Waals surface area contributed by atoms with Crippen LogP contribution in [0.25, 0.3) is 0 Å². The molecule has 14 heavy (non-hydrogen) atoms. The fourth-order valence-corrected chi connectivity index (χ4v) is 1.52. The Morgan fingerprint density at radius 3 is 2.57 bits per heavy atom. The third-order valence-corrected chi connectivity index (χ3v) is 2.35. The number of allylic oxidation sites excluding steroid dienone is 1. The molecule has 0 atom stereocenters. The fourth-order valence-electron chi connectivity index (χ4n) is 0.902. The second-order valence-electron chi connectivity index (χ2n) is 2.51. The quantitative estimate of drug-likeness (QED) is 0.616. The molecule has 0 aromatic heterocycles. The van der Waals surface area contributed by atoms with E-state index in [0.29, 0.717) is 0 Å². The molecule has 0 saturated carbocycles. The van der Waals surface area contributed by atoms with Crippen LogP contribution in [0.1, 0.15) is 6.92 Å². The second-order valence-corrected chi connectivity index (χ2v) is 3.90. The zero-order valence-electron chi connectivity index (χ0n) is 7.54. The molecule has 0 amide bonds. The summed E-state index contributed by atoms with van der Waals surface area (Å²) >= 11 is 0. The summed E-state index contributed by atoms with van der Waals surface area (Å²) in [6.07, 6.45) is 2.95. The first kappa shape index (κ1) is 10.7. The maximum absolute atomic E-state index is 10.9. The summed E-state index contributed by atoms with van der Waals surface area (Å²) in [7, 11) is -4.22. The van der Waals surface area contributed by atoms with Gasteiger partial charge in [0.05, 0.1) is 6.26 Å². The van der Waals surface area contributed by atoms with E-state index in [1.54, 1.807) is 19.1 Å². The van der Waals surface area contributed by atoms with Crippen molar-refractivity contribution in [2.24, 2.45) is 0 Å². The van der Waals surface area contributed by atoms with Crippen molar-refractivity contribution in [1.82, 2.24) is 0 Å². The molecule has 1 rings (SSSR count). The molecule has 76 valence electrons. The Hall–Kier alpha value is -1.33. The minimum absolute atomic E-state index is 0.105. The first-order valence-corrected chi connectivity index (χ1v) is 5.34. The van der Waals surface area contributed by atoms with E-state index >= 15 is 0 Å². The number of para-hydroxylation sites is 1. The van der Waals surface area contributed by atoms with Crippen molar-refractivity contribution in [1.29, 1.82) is 0 Å². The molecule has 0 radical (unpaired) electrons. The number of hydrogen-bond donors (Lipinski definition) is 1. The first-order chi connectivity index (χ1) is 6.55. The van der Waals surface area contributed by atoms with Gasteiger partial charge in [0.1, 0.15) is 10.6 Å². The molecule has 0 aliphatic heterocycles. The number of ether oxygens (including phenoxy) is 1. The zero-order chi connectivity index (χ0) is 10.6. The van der Waals surface area contributed by atoms with Gasteiger partial charge in [0, 0.05) is 0 Å². The molecule has 0 spiro atoms. The lowest BCUT2D eigenvalue weighted by atomic mass is 10.3. The third-order valence-electron chi connectivity index (χ3n) is 1.46. The summed E-state index contributed by atoms with van der Waals surface area (Å²) in [5, 5.41) is 0. The summed E-state index contributed by atoms with van der Waals surface area (Å²) in [6.45, 7) is 1.73. The average Bonchev–Trinajstić information content (AvgIpc) is 2.14. The topological polar surface area (TPSA) is 63.6 Å². The standard InChI is InChI=1S/C9H10O4S/c1-2-7-13-8-5-3-4-6-9(8)14(10,11)12/h2-7H,1H3,(H,10,11,12)/b7-2+. The van der Waals surface area contributed by atoms with Crippen LogP contribution >= 0.6 is 0 Å². The highest BCUT2D eigenvalue weighted by atomic mass is 32.2. The van der Waals surface area contributed by atoms with Crippen LogP contribution in [0, 0.1) is 0 Å². The Balaban J connectivity index is 3.16. The summed E-state index contributed by atoms with van der Waals surface area (Å²) < 4.78 is 35.6. The Bertz CT molecular complexity index is 434. The number of rotatable bonds is 3. The van der Waals surface area contributed by atoms with Gasteiger partial charge in [-0.3, -0.25) is 4.55 Å². The largest absolute Gasteiger partial charge is 0.464 e. The van der Waals surface area contributed by atoms with Gasteiger partial charge in [-0.25, -0.2) is 0 Å². The minimum atomic E-state index is -4.22. The maximum atomic E-state index is 10.9. The van der Waals surface area contributed by atoms with Gasteiger partial charge in [-0.1, -0.05) is 18.2 Å². The van der Waals surface area contributed by atoms with Gasteiger partial charge >= 0.3 is 0 Å². The molecule has 0 aliphatic rings. The second kappa shape index (κ2) is 4.26. The maximum Gasteiger partial charge on any atom is 0.298 e. The third kappa shape index (κ3) is 2.58. The molecule has 1 aromatic rings. The Labute approximate surface area is 82.6 Å². The lowest BCUT2D eigenvalue weighted by molar-refractivity contribution is 0.448. The SMILES string of the molecule is C/C=C/Oc1ccccc1S(=O)(=O)O. The van der Waals surface area contributed by atoms with Crippen molar-refractivity contribution in [2.75, 3.05) is 0 Å². The van der Waals surface area contributed by atoms with Crippen molar-refractivity contribution >= 4 is 10.1 Å². The molecule has 4 nitrogen and oxygen atoms in total. The van der Waals surface area contributed by atoms with Gasteiger partial charge in [-0.2, -0.15) is 8.42 Å². The molecular weight excluding hydrogens is 204 g/mol. The van der Waals surface area contributed by atoms with Crippen LogP contribution in [-0.2, 0) is 10.1 Å². The van der Waals surface area contributed by atoms with Crippen LogP contribution in [0.3, 0.4) is 0 Å². The van der Waals surface area contributed by atoms with E-state index in [1.807, 2.05) is 0 Å². The molecule has 0 fully saturated rings. The molecule has 0 unspecified atom stereocenters. The lowest BCUT2D eigenvalue weighted by Crippen LogP contribution is -2.00. The molecule has 0 aliphatic carbocycles. The Morgan fingerprint density at radius 2 is 2.00 bits per heavy atom. The smallest absolute Gasteiger partial charge is 0.298 e. The van der Waals surface area contributed by atoms with Crippen molar-refractivity contribution in [2.45, 2.75) is 11.8 Å². The predicted molar refractivity (Wildman–Crippen MR) is 51.7 cm³/mol. The van der Waals surface area contributed by atoms with E-state index in [2.05, 4.69) is 0 Å². The van der Waals surface area contributed by atoms with Crippen LogP contribution in [0.15, 0.2) is 41.5 Å². The molecule has 0 heterocycles. The van der Waals surface area contributed by atoms with Crippen molar-refractivity contribution in [3.8, 4) is 5.75 Å². The first-order valence-electron chi connectivity index (χ1n) is 3.90. The fraction of sp³-hybridized carbons (Fsp3) is 0.111. The van der Waals surface area contributed by atoms with Gasteiger partial charge < -0.3 is 4.74 Å². The van der Waals surface area contributed by atoms with Gasteiger partial charge in [0.2, 0.25) is 0 Å². The van der Waals surface area contributed by atoms with Gasteiger partial charge in [-0.05, 0) is 19.1 Å². The van der Waals surface area contributed by atoms with Crippen LogP contribution in [-0.4, -0.2) is 13.0 Å². The highest BCUT2D eigenvalue weighted by Crippen LogP contribution is 2.22. The average molecular weight is 214 g/mol. The van der Waals surface area contributed by atoms with Gasteiger partial charge in [0.15, 0.2) is 0 Å². The van der Waals surface area contributed by atoms with Crippen molar-refractivity contribution < 1.29 is 17.7 Å². The van der Waals surface area contributed by atoms with E-state index in [1.165, 1.54) is 24.5 Å². The van der Waals surface area contributed by atoms with E-state index in [4.69, 9.17) is 9.29 Å². The predicted octanol–water partition coefficient (Wildman–Crippen LogP) is 1.85. The number of hydrogen-bond acceptors (Lipinski definition) is 3. The molecule has 1 aromatic carbocycles. The normalized spacial score (nSPS) is 11.9.